The molecule has 0 aliphatic rings. The number of aliphatic hydroxyl groups excluding tert-OH is 1. The molecular weight excluding hydrogens is 731 g/mol. The van der Waals surface area contributed by atoms with Crippen molar-refractivity contribution in [3.05, 3.63) is 47.3 Å². The van der Waals surface area contributed by atoms with Gasteiger partial charge < -0.3 is 18.4 Å². The topological polar surface area (TPSA) is 77.9 Å². The molecule has 0 saturated heterocycles. The molecule has 0 aliphatic carbocycles. The van der Waals surface area contributed by atoms with Gasteiger partial charge in [-0.1, -0.05) is 114 Å². The Labute approximate surface area is 343 Å². The molecule has 318 valence electrons. The van der Waals surface area contributed by atoms with Crippen LogP contribution in [0, 0.1) is 17.3 Å². The van der Waals surface area contributed by atoms with Gasteiger partial charge >= 0.3 is 0 Å². The average Bonchev–Trinajstić information content (AvgIpc) is 3.03. The highest BCUT2D eigenvalue weighted by atomic mass is 28.4. The molecule has 5 atom stereocenters. The van der Waals surface area contributed by atoms with Crippen molar-refractivity contribution in [3.8, 4) is 0 Å². The first kappa shape index (κ1) is 51.8. The van der Waals surface area contributed by atoms with Crippen LogP contribution in [-0.2, 0) is 18.1 Å². The summed E-state index contributed by atoms with van der Waals surface area (Å²) < 4.78 is 21.1. The highest BCUT2D eigenvalue weighted by molar-refractivity contribution is 6.75. The predicted octanol–water partition coefficient (Wildman–Crippen LogP) is 13.4. The predicted molar refractivity (Wildman–Crippen MR) is 245 cm³/mol. The normalized spacial score (nSPS) is 17.5. The zero-order chi connectivity index (χ0) is 43.0. The Morgan fingerprint density at radius 3 is 1.78 bits per heavy atom. The van der Waals surface area contributed by atoms with Gasteiger partial charge in [0.25, 0.3) is 0 Å². The van der Waals surface area contributed by atoms with Crippen molar-refractivity contribution < 1.29 is 23.2 Å². The van der Waals surface area contributed by atoms with Crippen molar-refractivity contribution >= 4 is 36.8 Å². The number of pyridine rings is 1. The van der Waals surface area contributed by atoms with Crippen LogP contribution in [0.4, 0.5) is 0 Å². The summed E-state index contributed by atoms with van der Waals surface area (Å²) in [6.45, 7) is 46.9. The van der Waals surface area contributed by atoms with Gasteiger partial charge in [-0.25, -0.2) is 0 Å². The maximum atomic E-state index is 14.7. The summed E-state index contributed by atoms with van der Waals surface area (Å²) in [4.78, 5) is 19.0. The minimum Gasteiger partial charge on any atom is -0.413 e. The Morgan fingerprint density at radius 1 is 0.800 bits per heavy atom. The second-order valence-electron chi connectivity index (χ2n) is 21.8. The van der Waals surface area contributed by atoms with E-state index in [9.17, 15) is 9.90 Å². The van der Waals surface area contributed by atoms with E-state index in [1.807, 2.05) is 32.3 Å². The van der Waals surface area contributed by atoms with Crippen molar-refractivity contribution in [1.82, 2.24) is 4.98 Å². The summed E-state index contributed by atoms with van der Waals surface area (Å²) in [5.74, 6) is 0.0372. The van der Waals surface area contributed by atoms with E-state index in [1.54, 1.807) is 0 Å². The first-order valence-electron chi connectivity index (χ1n) is 21.1. The standard InChI is InChI=1S/C46H87NO5Si3/c1-34(27-28-39(50-53(16,17)43(5,6)7)36(3)32-38-26-23-30-47-33-38)24-22-25-35(2)41(52-55(20,21)45(11,12)13)37(4)42(49)46(14,15)40(29-31-48)51-54(18,19)44(8,9)10/h23,26-27,30,32-33,35,37,39-41,48H,22,24-25,28-29,31H2,1-21H3/t35-,37+,39-,40-,41-/m0/s1. The monoisotopic (exact) mass is 818 g/mol. The molecule has 55 heavy (non-hydrogen) atoms. The minimum absolute atomic E-state index is 0.00263. The van der Waals surface area contributed by atoms with E-state index in [-0.39, 0.29) is 57.7 Å². The molecule has 9 heteroatoms. The number of aromatic nitrogens is 1. The van der Waals surface area contributed by atoms with Crippen LogP contribution in [0.3, 0.4) is 0 Å². The average molecular weight is 818 g/mol. The number of hydrogen-bond donors (Lipinski definition) is 1. The van der Waals surface area contributed by atoms with Crippen molar-refractivity contribution in [2.75, 3.05) is 6.61 Å². The molecule has 0 aliphatic heterocycles. The van der Waals surface area contributed by atoms with E-state index in [1.165, 1.54) is 11.1 Å². The number of ketones is 1. The molecule has 0 unspecified atom stereocenters. The van der Waals surface area contributed by atoms with Crippen LogP contribution < -0.4 is 0 Å². The van der Waals surface area contributed by atoms with Crippen LogP contribution >= 0.6 is 0 Å². The third kappa shape index (κ3) is 15.2. The number of aliphatic hydroxyl groups is 1. The van der Waals surface area contributed by atoms with Crippen LogP contribution in [0.2, 0.25) is 54.4 Å². The third-order valence-electron chi connectivity index (χ3n) is 13.5. The zero-order valence-electron chi connectivity index (χ0n) is 39.6. The number of Topliss-reactive ketones (excluding diaryl/α,β-unsaturated/α-hetero) is 1. The number of carbonyl (C=O) groups excluding carboxylic acids is 1. The van der Waals surface area contributed by atoms with Gasteiger partial charge in [-0.2, -0.15) is 0 Å². The van der Waals surface area contributed by atoms with Crippen LogP contribution in [-0.4, -0.2) is 65.7 Å². The quantitative estimate of drug-likeness (QED) is 0.0983. The second-order valence-corrected chi connectivity index (χ2v) is 36.1. The molecule has 1 N–H and O–H groups in total. The van der Waals surface area contributed by atoms with E-state index >= 15 is 0 Å². The first-order valence-corrected chi connectivity index (χ1v) is 29.9. The Hall–Kier alpha value is -1.21. The number of rotatable bonds is 21. The van der Waals surface area contributed by atoms with Gasteiger partial charge in [0.2, 0.25) is 0 Å². The van der Waals surface area contributed by atoms with Crippen LogP contribution in [0.25, 0.3) is 6.08 Å². The molecule has 0 aromatic carbocycles. The lowest BCUT2D eigenvalue weighted by Gasteiger charge is -2.46. The number of carbonyl (C=O) groups is 1. The van der Waals surface area contributed by atoms with Crippen molar-refractivity contribution in [2.24, 2.45) is 17.3 Å². The number of hydrogen-bond acceptors (Lipinski definition) is 6. The molecule has 0 fully saturated rings. The van der Waals surface area contributed by atoms with Crippen LogP contribution in [0.15, 0.2) is 41.7 Å². The van der Waals surface area contributed by atoms with Gasteiger partial charge in [-0.3, -0.25) is 9.78 Å². The van der Waals surface area contributed by atoms with Crippen molar-refractivity contribution in [3.63, 3.8) is 0 Å². The third-order valence-corrected chi connectivity index (χ3v) is 27.0. The fourth-order valence-corrected chi connectivity index (χ4v) is 10.6. The van der Waals surface area contributed by atoms with Crippen molar-refractivity contribution in [2.45, 2.75) is 209 Å². The zero-order valence-corrected chi connectivity index (χ0v) is 42.6. The summed E-state index contributed by atoms with van der Waals surface area (Å²) in [6.07, 6.45) is 12.0. The van der Waals surface area contributed by atoms with Gasteiger partial charge in [-0.15, -0.1) is 0 Å². The molecule has 0 bridgehead atoms. The maximum Gasteiger partial charge on any atom is 0.192 e. The molecule has 0 radical (unpaired) electrons. The minimum atomic E-state index is -2.21. The molecule has 6 nitrogen and oxygen atoms in total. The fourth-order valence-electron chi connectivity index (χ4n) is 6.29. The Bertz CT molecular complexity index is 1400. The molecule has 0 amide bonds. The first-order chi connectivity index (χ1) is 24.7. The SMILES string of the molecule is CC(=CC[C@H](O[Si](C)(C)C(C)(C)C)C(C)=Cc1cccnc1)CCC[C@H](C)[C@H](O[Si](C)(C)C(C)(C)C)[C@@H](C)C(=O)C(C)(C)[C@H](CCO)O[Si](C)(C)C(C)(C)C. The molecule has 0 spiro atoms. The largest absolute Gasteiger partial charge is 0.413 e. The molecule has 1 aromatic rings. The molecule has 1 rings (SSSR count). The lowest BCUT2D eigenvalue weighted by atomic mass is 9.73. The van der Waals surface area contributed by atoms with E-state index in [0.29, 0.717) is 6.42 Å². The summed E-state index contributed by atoms with van der Waals surface area (Å²) in [5.41, 5.74) is 2.90. The summed E-state index contributed by atoms with van der Waals surface area (Å²) in [5, 5.41) is 10.3. The Morgan fingerprint density at radius 2 is 1.31 bits per heavy atom. The van der Waals surface area contributed by atoms with Crippen molar-refractivity contribution in [1.29, 1.82) is 0 Å². The highest BCUT2D eigenvalue weighted by Gasteiger charge is 2.49. The van der Waals surface area contributed by atoms with Crippen LogP contribution in [0.5, 0.6) is 0 Å². The van der Waals surface area contributed by atoms with E-state index in [4.69, 9.17) is 13.3 Å². The molecule has 1 heterocycles. The smallest absolute Gasteiger partial charge is 0.192 e. The van der Waals surface area contributed by atoms with Gasteiger partial charge in [0.05, 0.1) is 18.3 Å². The van der Waals surface area contributed by atoms with Gasteiger partial charge in [0.1, 0.15) is 5.78 Å². The van der Waals surface area contributed by atoms with Gasteiger partial charge in [-0.05, 0) is 123 Å². The van der Waals surface area contributed by atoms with E-state index in [2.05, 4.69) is 152 Å². The van der Waals surface area contributed by atoms with Crippen LogP contribution in [0.1, 0.15) is 142 Å². The van der Waals surface area contributed by atoms with Gasteiger partial charge in [0.15, 0.2) is 25.0 Å². The Kier molecular flexibility index (Phi) is 19.0. The number of allylic oxidation sites excluding steroid dienone is 1. The highest BCUT2D eigenvalue weighted by Crippen LogP contribution is 2.44. The van der Waals surface area contributed by atoms with E-state index in [0.717, 1.165) is 31.2 Å². The summed E-state index contributed by atoms with van der Waals surface area (Å²) >= 11 is 0. The lowest BCUT2D eigenvalue weighted by Crippen LogP contribution is -2.54. The molecule has 0 saturated carbocycles. The number of nitrogens with zero attached hydrogens (tertiary/aromatic N) is 1. The molecule has 1 aromatic heterocycles. The lowest BCUT2D eigenvalue weighted by molar-refractivity contribution is -0.141. The summed E-state index contributed by atoms with van der Waals surface area (Å²) in [6, 6.07) is 4.07. The Balaban J connectivity index is 3.33. The van der Waals surface area contributed by atoms with Gasteiger partial charge in [0, 0.05) is 30.3 Å². The summed E-state index contributed by atoms with van der Waals surface area (Å²) in [7, 11) is -6.43. The molecular formula is C46H87NO5Si3. The fraction of sp³-hybridized carbons (Fsp3) is 0.783. The maximum absolute atomic E-state index is 14.7. The second kappa shape index (κ2) is 20.2. The van der Waals surface area contributed by atoms with E-state index < -0.39 is 30.4 Å².